The molecule has 0 bridgehead atoms. The van der Waals surface area contributed by atoms with Gasteiger partial charge < -0.3 is 10.1 Å². The highest BCUT2D eigenvalue weighted by Crippen LogP contribution is 2.38. The molecule has 6 heteroatoms. The van der Waals surface area contributed by atoms with Crippen LogP contribution >= 0.6 is 0 Å². The second kappa shape index (κ2) is 6.11. The van der Waals surface area contributed by atoms with Crippen LogP contribution in [0.5, 0.6) is 5.75 Å². The Morgan fingerprint density at radius 3 is 2.96 bits per heavy atom. The van der Waals surface area contributed by atoms with Crippen LogP contribution in [-0.4, -0.2) is 28.6 Å². The van der Waals surface area contributed by atoms with E-state index in [0.717, 1.165) is 29.8 Å². The number of carbonyl (C=O) groups excluding carboxylic acids is 1. The number of para-hydroxylation sites is 1. The lowest BCUT2D eigenvalue weighted by Gasteiger charge is -2.11. The number of nitrogens with one attached hydrogen (secondary N) is 1. The molecule has 4 rings (SSSR count). The first-order valence-corrected chi connectivity index (χ1v) is 8.25. The van der Waals surface area contributed by atoms with Gasteiger partial charge in [-0.1, -0.05) is 18.2 Å². The van der Waals surface area contributed by atoms with Gasteiger partial charge in [0.15, 0.2) is 0 Å². The van der Waals surface area contributed by atoms with E-state index in [9.17, 15) is 9.59 Å². The number of hydrogen-bond acceptors (Lipinski definition) is 4. The lowest BCUT2D eigenvalue weighted by molar-refractivity contribution is -0.121. The Kier molecular flexibility index (Phi) is 3.80. The summed E-state index contributed by atoms with van der Waals surface area (Å²) in [4.78, 5) is 28.5. The molecule has 1 N–H and O–H groups in total. The second-order valence-electron chi connectivity index (χ2n) is 6.40. The van der Waals surface area contributed by atoms with Crippen LogP contribution in [0.2, 0.25) is 0 Å². The molecule has 1 aromatic heterocycles. The number of amides is 1. The van der Waals surface area contributed by atoms with Crippen molar-refractivity contribution in [3.63, 3.8) is 0 Å². The molecule has 1 aliphatic carbocycles. The summed E-state index contributed by atoms with van der Waals surface area (Å²) in [6, 6.07) is 9.40. The Morgan fingerprint density at radius 2 is 2.17 bits per heavy atom. The molecule has 124 valence electrons. The van der Waals surface area contributed by atoms with Gasteiger partial charge in [-0.3, -0.25) is 14.2 Å². The summed E-state index contributed by atoms with van der Waals surface area (Å²) in [5, 5.41) is 2.88. The number of fused-ring (bicyclic) bond motifs is 1. The van der Waals surface area contributed by atoms with Gasteiger partial charge in [0, 0.05) is 30.0 Å². The lowest BCUT2D eigenvalue weighted by atomic mass is 10.0. The molecule has 1 aromatic carbocycles. The Hall–Kier alpha value is -2.63. The van der Waals surface area contributed by atoms with E-state index >= 15 is 0 Å². The number of aromatic nitrogens is 2. The molecular formula is C18H19N3O3. The van der Waals surface area contributed by atoms with Crippen LogP contribution < -0.4 is 15.6 Å². The SMILES string of the molecule is O=C(Cn1cnc(C2CC2)cc1=O)NC[C@H]1COc2ccccc21. The number of nitrogens with zero attached hydrogens (tertiary/aromatic N) is 2. The number of carbonyl (C=O) groups is 1. The van der Waals surface area contributed by atoms with Crippen molar-refractivity contribution in [1.82, 2.24) is 14.9 Å². The first-order valence-electron chi connectivity index (χ1n) is 8.25. The van der Waals surface area contributed by atoms with Crippen LogP contribution in [0.15, 0.2) is 41.5 Å². The molecular weight excluding hydrogens is 306 g/mol. The highest BCUT2D eigenvalue weighted by molar-refractivity contribution is 5.75. The van der Waals surface area contributed by atoms with E-state index in [0.29, 0.717) is 19.1 Å². The van der Waals surface area contributed by atoms with Crippen molar-refractivity contribution in [2.75, 3.05) is 13.2 Å². The van der Waals surface area contributed by atoms with Gasteiger partial charge >= 0.3 is 0 Å². The number of benzene rings is 1. The first kappa shape index (κ1) is 14.9. The zero-order valence-electron chi connectivity index (χ0n) is 13.3. The minimum Gasteiger partial charge on any atom is -0.493 e. The van der Waals surface area contributed by atoms with Gasteiger partial charge in [-0.2, -0.15) is 0 Å². The van der Waals surface area contributed by atoms with Crippen molar-refractivity contribution in [2.24, 2.45) is 0 Å². The fourth-order valence-electron chi connectivity index (χ4n) is 3.01. The molecule has 1 aliphatic heterocycles. The largest absolute Gasteiger partial charge is 0.493 e. The van der Waals surface area contributed by atoms with Crippen LogP contribution in [0.25, 0.3) is 0 Å². The fourth-order valence-corrected chi connectivity index (χ4v) is 3.01. The summed E-state index contributed by atoms with van der Waals surface area (Å²) in [5.41, 5.74) is 1.79. The van der Waals surface area contributed by atoms with E-state index in [1.165, 1.54) is 10.9 Å². The van der Waals surface area contributed by atoms with Gasteiger partial charge in [0.1, 0.15) is 12.3 Å². The minimum atomic E-state index is -0.192. The maximum atomic E-state index is 12.1. The van der Waals surface area contributed by atoms with Gasteiger partial charge in [0.2, 0.25) is 5.91 Å². The summed E-state index contributed by atoms with van der Waals surface area (Å²) in [7, 11) is 0. The maximum Gasteiger partial charge on any atom is 0.254 e. The van der Waals surface area contributed by atoms with Gasteiger partial charge in [0.05, 0.1) is 18.6 Å². The van der Waals surface area contributed by atoms with Crippen molar-refractivity contribution in [3.05, 3.63) is 58.3 Å². The second-order valence-corrected chi connectivity index (χ2v) is 6.40. The van der Waals surface area contributed by atoms with Crippen LogP contribution in [0, 0.1) is 0 Å². The zero-order chi connectivity index (χ0) is 16.5. The van der Waals surface area contributed by atoms with Crippen molar-refractivity contribution in [1.29, 1.82) is 0 Å². The van der Waals surface area contributed by atoms with Crippen molar-refractivity contribution >= 4 is 5.91 Å². The molecule has 0 spiro atoms. The summed E-state index contributed by atoms with van der Waals surface area (Å²) in [6.07, 6.45) is 3.67. The van der Waals surface area contributed by atoms with Crippen LogP contribution in [0.4, 0.5) is 0 Å². The van der Waals surface area contributed by atoms with Crippen LogP contribution in [-0.2, 0) is 11.3 Å². The van der Waals surface area contributed by atoms with Gasteiger partial charge in [0.25, 0.3) is 5.56 Å². The van der Waals surface area contributed by atoms with E-state index in [2.05, 4.69) is 10.3 Å². The van der Waals surface area contributed by atoms with Crippen molar-refractivity contribution in [3.8, 4) is 5.75 Å². The molecule has 2 aromatic rings. The van der Waals surface area contributed by atoms with Crippen LogP contribution in [0.3, 0.4) is 0 Å². The summed E-state index contributed by atoms with van der Waals surface area (Å²) in [5.74, 6) is 1.27. The van der Waals surface area contributed by atoms with Crippen molar-refractivity contribution < 1.29 is 9.53 Å². The summed E-state index contributed by atoms with van der Waals surface area (Å²) < 4.78 is 6.95. The average Bonchev–Trinajstić information content (AvgIpc) is 3.35. The minimum absolute atomic E-state index is 0.00793. The molecule has 1 saturated carbocycles. The Labute approximate surface area is 139 Å². The molecule has 0 unspecified atom stereocenters. The highest BCUT2D eigenvalue weighted by atomic mass is 16.5. The molecule has 2 aliphatic rings. The molecule has 6 nitrogen and oxygen atoms in total. The van der Waals surface area contributed by atoms with Gasteiger partial charge in [-0.25, -0.2) is 4.98 Å². The van der Waals surface area contributed by atoms with E-state index in [1.807, 2.05) is 24.3 Å². The molecule has 2 heterocycles. The standard InChI is InChI=1S/C18H19N3O3/c22-17(9-21-11-20-15(7-18(21)23)12-5-6-12)19-8-13-10-24-16-4-2-1-3-14(13)16/h1-4,7,11-13H,5-6,8-10H2,(H,19,22)/t13-/m0/s1. The average molecular weight is 325 g/mol. The predicted molar refractivity (Wildman–Crippen MR) is 88.2 cm³/mol. The maximum absolute atomic E-state index is 12.1. The monoisotopic (exact) mass is 325 g/mol. The first-order chi connectivity index (χ1) is 11.7. The lowest BCUT2D eigenvalue weighted by Crippen LogP contribution is -2.35. The molecule has 1 amide bonds. The van der Waals surface area contributed by atoms with E-state index in [4.69, 9.17) is 4.74 Å². The summed E-state index contributed by atoms with van der Waals surface area (Å²) in [6.45, 7) is 1.06. The van der Waals surface area contributed by atoms with E-state index in [-0.39, 0.29) is 23.9 Å². The third-order valence-corrected chi connectivity index (χ3v) is 4.55. The molecule has 24 heavy (non-hydrogen) atoms. The van der Waals surface area contributed by atoms with Crippen molar-refractivity contribution in [2.45, 2.75) is 31.2 Å². The highest BCUT2D eigenvalue weighted by Gasteiger charge is 2.26. The Bertz CT molecular complexity index is 826. The smallest absolute Gasteiger partial charge is 0.254 e. The molecule has 0 saturated heterocycles. The number of ether oxygens (including phenoxy) is 1. The fraction of sp³-hybridized carbons (Fsp3) is 0.389. The molecule has 1 fully saturated rings. The van der Waals surface area contributed by atoms with E-state index < -0.39 is 0 Å². The van der Waals surface area contributed by atoms with E-state index in [1.54, 1.807) is 6.07 Å². The Balaban J connectivity index is 1.35. The third kappa shape index (κ3) is 3.04. The zero-order valence-corrected chi connectivity index (χ0v) is 13.3. The number of hydrogen-bond donors (Lipinski definition) is 1. The predicted octanol–water partition coefficient (Wildman–Crippen LogP) is 1.41. The van der Waals surface area contributed by atoms with Crippen LogP contribution in [0.1, 0.15) is 35.9 Å². The molecule has 0 radical (unpaired) electrons. The van der Waals surface area contributed by atoms with Gasteiger partial charge in [-0.05, 0) is 18.9 Å². The number of rotatable bonds is 5. The topological polar surface area (TPSA) is 73.2 Å². The Morgan fingerprint density at radius 1 is 1.33 bits per heavy atom. The van der Waals surface area contributed by atoms with Gasteiger partial charge in [-0.15, -0.1) is 0 Å². The summed E-state index contributed by atoms with van der Waals surface area (Å²) >= 11 is 0. The normalized spacial score (nSPS) is 18.8. The third-order valence-electron chi connectivity index (χ3n) is 4.55. The quantitative estimate of drug-likeness (QED) is 0.902. The molecule has 1 atom stereocenters.